The number of benzene rings is 1. The van der Waals surface area contributed by atoms with E-state index in [0.717, 1.165) is 0 Å². The van der Waals surface area contributed by atoms with Gasteiger partial charge in [0.2, 0.25) is 0 Å². The Morgan fingerprint density at radius 3 is 2.92 bits per heavy atom. The second-order valence-electron chi connectivity index (χ2n) is 4.31. The highest BCUT2D eigenvalue weighted by Crippen LogP contribution is 2.31. The summed E-state index contributed by atoms with van der Waals surface area (Å²) in [5.74, 6) is 0. The van der Waals surface area contributed by atoms with Crippen LogP contribution in [0.15, 0.2) is 22.7 Å². The molecule has 0 unspecified atom stereocenters. The molecule has 0 spiro atoms. The fourth-order valence-electron chi connectivity index (χ4n) is 1.77. The zero-order valence-electron chi connectivity index (χ0n) is 8.02. The highest BCUT2D eigenvalue weighted by atomic mass is 79.9. The molecular weight excluding hydrogens is 226 g/mol. The molecule has 0 saturated heterocycles. The number of hydrogen-bond acceptors (Lipinski definition) is 1. The molecule has 0 amide bonds. The molecule has 0 aliphatic carbocycles. The lowest BCUT2D eigenvalue weighted by Gasteiger charge is -2.33. The van der Waals surface area contributed by atoms with Crippen LogP contribution in [0.4, 0.5) is 5.69 Å². The van der Waals surface area contributed by atoms with E-state index in [-0.39, 0.29) is 5.54 Å². The molecule has 1 N–H and O–H groups in total. The molecule has 0 radical (unpaired) electrons. The van der Waals surface area contributed by atoms with Crippen LogP contribution >= 0.6 is 15.9 Å². The monoisotopic (exact) mass is 239 g/mol. The first-order valence-electron chi connectivity index (χ1n) is 4.63. The van der Waals surface area contributed by atoms with Crippen LogP contribution in [0.3, 0.4) is 0 Å². The van der Waals surface area contributed by atoms with Crippen LogP contribution in [0, 0.1) is 0 Å². The lowest BCUT2D eigenvalue weighted by molar-refractivity contribution is 0.502. The Hall–Kier alpha value is -0.500. The van der Waals surface area contributed by atoms with Crippen LogP contribution < -0.4 is 5.32 Å². The maximum atomic E-state index is 3.54. The van der Waals surface area contributed by atoms with E-state index in [1.165, 1.54) is 28.6 Å². The van der Waals surface area contributed by atoms with Crippen molar-refractivity contribution >= 4 is 21.6 Å². The minimum atomic E-state index is 0.251. The molecule has 1 heterocycles. The van der Waals surface area contributed by atoms with E-state index in [1.807, 2.05) is 0 Å². The molecule has 2 heteroatoms. The second kappa shape index (κ2) is 3.02. The molecule has 1 aromatic rings. The van der Waals surface area contributed by atoms with Crippen molar-refractivity contribution in [1.82, 2.24) is 0 Å². The van der Waals surface area contributed by atoms with Crippen molar-refractivity contribution in [3.05, 3.63) is 28.2 Å². The van der Waals surface area contributed by atoms with Crippen LogP contribution in [-0.2, 0) is 6.42 Å². The van der Waals surface area contributed by atoms with E-state index in [2.05, 4.69) is 53.3 Å². The van der Waals surface area contributed by atoms with Crippen molar-refractivity contribution in [3.8, 4) is 0 Å². The number of fused-ring (bicyclic) bond motifs is 1. The van der Waals surface area contributed by atoms with Gasteiger partial charge in [0.25, 0.3) is 0 Å². The van der Waals surface area contributed by atoms with Gasteiger partial charge >= 0.3 is 0 Å². The summed E-state index contributed by atoms with van der Waals surface area (Å²) < 4.78 is 1.17. The van der Waals surface area contributed by atoms with Crippen molar-refractivity contribution in [2.45, 2.75) is 32.2 Å². The largest absolute Gasteiger partial charge is 0.380 e. The molecule has 1 aliphatic rings. The van der Waals surface area contributed by atoms with Gasteiger partial charge in [-0.15, -0.1) is 0 Å². The number of rotatable bonds is 0. The van der Waals surface area contributed by atoms with Gasteiger partial charge in [0, 0.05) is 15.7 Å². The molecule has 0 saturated carbocycles. The molecule has 13 heavy (non-hydrogen) atoms. The van der Waals surface area contributed by atoms with Crippen molar-refractivity contribution in [1.29, 1.82) is 0 Å². The normalized spacial score (nSPS) is 19.0. The Balaban J connectivity index is 2.37. The maximum Gasteiger partial charge on any atom is 0.0377 e. The van der Waals surface area contributed by atoms with E-state index >= 15 is 0 Å². The molecule has 1 aliphatic heterocycles. The number of halogens is 1. The zero-order valence-corrected chi connectivity index (χ0v) is 9.61. The predicted molar refractivity (Wildman–Crippen MR) is 60.2 cm³/mol. The van der Waals surface area contributed by atoms with Gasteiger partial charge in [-0.1, -0.05) is 15.9 Å². The molecule has 0 fully saturated rings. The first-order valence-corrected chi connectivity index (χ1v) is 5.43. The summed E-state index contributed by atoms with van der Waals surface area (Å²) in [6, 6.07) is 6.45. The molecule has 1 aromatic carbocycles. The molecule has 0 aromatic heterocycles. The average molecular weight is 240 g/mol. The summed E-state index contributed by atoms with van der Waals surface area (Å²) >= 11 is 3.49. The van der Waals surface area contributed by atoms with Crippen LogP contribution in [0.1, 0.15) is 25.8 Å². The van der Waals surface area contributed by atoms with Gasteiger partial charge in [-0.2, -0.15) is 0 Å². The molecule has 1 nitrogen and oxygen atoms in total. The molecule has 70 valence electrons. The van der Waals surface area contributed by atoms with Crippen LogP contribution in [0.5, 0.6) is 0 Å². The van der Waals surface area contributed by atoms with Crippen LogP contribution in [-0.4, -0.2) is 5.54 Å². The summed E-state index contributed by atoms with van der Waals surface area (Å²) in [6.45, 7) is 4.50. The highest BCUT2D eigenvalue weighted by Gasteiger charge is 2.23. The third kappa shape index (κ3) is 1.88. The van der Waals surface area contributed by atoms with E-state index in [1.54, 1.807) is 0 Å². The van der Waals surface area contributed by atoms with Gasteiger partial charge in [-0.25, -0.2) is 0 Å². The lowest BCUT2D eigenvalue weighted by atomic mass is 9.90. The SMILES string of the molecule is CC1(C)CCc2cc(Br)ccc2N1. The number of nitrogens with one attached hydrogen (secondary N) is 1. The van der Waals surface area contributed by atoms with Crippen molar-refractivity contribution < 1.29 is 0 Å². The summed E-state index contributed by atoms with van der Waals surface area (Å²) in [6.07, 6.45) is 2.38. The predicted octanol–water partition coefficient (Wildman–Crippen LogP) is 3.59. The third-order valence-corrected chi connectivity index (χ3v) is 3.05. The Morgan fingerprint density at radius 1 is 1.38 bits per heavy atom. The zero-order chi connectivity index (χ0) is 9.47. The first kappa shape index (κ1) is 9.07. The Bertz CT molecular complexity index is 331. The molecule has 2 rings (SSSR count). The summed E-state index contributed by atoms with van der Waals surface area (Å²) in [5, 5.41) is 3.54. The van der Waals surface area contributed by atoms with Crippen LogP contribution in [0.25, 0.3) is 0 Å². The van der Waals surface area contributed by atoms with Crippen molar-refractivity contribution in [2.75, 3.05) is 5.32 Å². The van der Waals surface area contributed by atoms with E-state index < -0.39 is 0 Å². The minimum absolute atomic E-state index is 0.251. The Morgan fingerprint density at radius 2 is 2.15 bits per heavy atom. The first-order chi connectivity index (χ1) is 6.07. The number of aryl methyl sites for hydroxylation is 1. The van der Waals surface area contributed by atoms with Gasteiger partial charge in [0.15, 0.2) is 0 Å². The quantitative estimate of drug-likeness (QED) is 0.730. The third-order valence-electron chi connectivity index (χ3n) is 2.56. The fourth-order valence-corrected chi connectivity index (χ4v) is 2.17. The number of hydrogen-bond donors (Lipinski definition) is 1. The topological polar surface area (TPSA) is 12.0 Å². The second-order valence-corrected chi connectivity index (χ2v) is 5.23. The summed E-state index contributed by atoms with van der Waals surface area (Å²) in [5.41, 5.74) is 2.97. The smallest absolute Gasteiger partial charge is 0.0377 e. The summed E-state index contributed by atoms with van der Waals surface area (Å²) in [4.78, 5) is 0. The van der Waals surface area contributed by atoms with Crippen LogP contribution in [0.2, 0.25) is 0 Å². The van der Waals surface area contributed by atoms with E-state index in [0.29, 0.717) is 0 Å². The lowest BCUT2D eigenvalue weighted by Crippen LogP contribution is -2.35. The average Bonchev–Trinajstić information content (AvgIpc) is 2.05. The highest BCUT2D eigenvalue weighted by molar-refractivity contribution is 9.10. The van der Waals surface area contributed by atoms with Crippen molar-refractivity contribution in [2.24, 2.45) is 0 Å². The Labute approximate surface area is 87.7 Å². The molecular formula is C11H14BrN. The van der Waals surface area contributed by atoms with E-state index in [4.69, 9.17) is 0 Å². The van der Waals surface area contributed by atoms with Crippen molar-refractivity contribution in [3.63, 3.8) is 0 Å². The van der Waals surface area contributed by atoms with Gasteiger partial charge in [0.1, 0.15) is 0 Å². The summed E-state index contributed by atoms with van der Waals surface area (Å²) in [7, 11) is 0. The standard InChI is InChI=1S/C11H14BrN/c1-11(2)6-5-8-7-9(12)3-4-10(8)13-11/h3-4,7,13H,5-6H2,1-2H3. The van der Waals surface area contributed by atoms with E-state index in [9.17, 15) is 0 Å². The maximum absolute atomic E-state index is 3.54. The number of anilines is 1. The minimum Gasteiger partial charge on any atom is -0.380 e. The van der Waals surface area contributed by atoms with Gasteiger partial charge in [-0.3, -0.25) is 0 Å². The Kier molecular flexibility index (Phi) is 2.11. The molecule has 0 atom stereocenters. The van der Waals surface area contributed by atoms with Gasteiger partial charge in [-0.05, 0) is 50.5 Å². The fraction of sp³-hybridized carbons (Fsp3) is 0.455. The van der Waals surface area contributed by atoms with Gasteiger partial charge < -0.3 is 5.32 Å². The molecule has 0 bridgehead atoms. The van der Waals surface area contributed by atoms with Gasteiger partial charge in [0.05, 0.1) is 0 Å².